The Hall–Kier alpha value is -2.35. The predicted octanol–water partition coefficient (Wildman–Crippen LogP) is 3.43. The molecule has 0 aromatic carbocycles. The highest BCUT2D eigenvalue weighted by Crippen LogP contribution is 2.26. The highest BCUT2D eigenvalue weighted by molar-refractivity contribution is 7.14. The van der Waals surface area contributed by atoms with Gasteiger partial charge < -0.3 is 19.9 Å². The molecule has 7 nitrogen and oxygen atoms in total. The largest absolute Gasteiger partial charge is 0.477 e. The third-order valence-corrected chi connectivity index (χ3v) is 3.81. The molecule has 1 rings (SSSR count). The maximum Gasteiger partial charge on any atom is 0.347 e. The molecule has 2 N–H and O–H groups in total. The molecule has 8 heteroatoms. The van der Waals surface area contributed by atoms with E-state index in [9.17, 15) is 19.5 Å². The van der Waals surface area contributed by atoms with Crippen LogP contribution in [0.2, 0.25) is 0 Å². The molecule has 0 amide bonds. The summed E-state index contributed by atoms with van der Waals surface area (Å²) in [5.74, 6) is -2.90. The molecule has 0 saturated carbocycles. The van der Waals surface area contributed by atoms with Gasteiger partial charge in [0.25, 0.3) is 0 Å². The molecule has 0 aliphatic carbocycles. The zero-order valence-electron chi connectivity index (χ0n) is 14.9. The second-order valence-corrected chi connectivity index (χ2v) is 7.21. The van der Waals surface area contributed by atoms with Crippen LogP contribution in [0.15, 0.2) is 23.2 Å². The van der Waals surface area contributed by atoms with Crippen LogP contribution in [-0.4, -0.2) is 34.7 Å². The lowest BCUT2D eigenvalue weighted by atomic mass is 10.2. The topological polar surface area (TPSA) is 102 Å². The van der Waals surface area contributed by atoms with Gasteiger partial charge >= 0.3 is 17.9 Å². The summed E-state index contributed by atoms with van der Waals surface area (Å²) < 4.78 is 10.3. The van der Waals surface area contributed by atoms with Crippen molar-refractivity contribution >= 4 is 34.2 Å². The maximum atomic E-state index is 12.2. The van der Waals surface area contributed by atoms with Crippen LogP contribution < -0.4 is 5.32 Å². The number of rotatable bonds is 7. The molecule has 0 saturated heterocycles. The first-order chi connectivity index (χ1) is 11.5. The van der Waals surface area contributed by atoms with Crippen LogP contribution in [0.5, 0.6) is 0 Å². The number of hydrogen-bond donors (Lipinski definition) is 2. The Morgan fingerprint density at radius 3 is 2.52 bits per heavy atom. The second-order valence-electron chi connectivity index (χ2n) is 6.30. The van der Waals surface area contributed by atoms with Gasteiger partial charge in [0.1, 0.15) is 10.6 Å². The van der Waals surface area contributed by atoms with Gasteiger partial charge in [-0.15, -0.1) is 11.3 Å². The standard InChI is InChI=1S/C17H23NO6S/c1-6-10(2)23-15(21)12(14(19)20)9-18-13-11(7-8-25-13)16(22)24-17(3,4)5/h7-10,18H,6H2,1-5H3,(H,19,20). The minimum atomic E-state index is -1.42. The van der Waals surface area contributed by atoms with E-state index in [1.165, 1.54) is 11.3 Å². The van der Waals surface area contributed by atoms with E-state index in [2.05, 4.69) is 5.32 Å². The van der Waals surface area contributed by atoms with E-state index in [1.807, 2.05) is 6.92 Å². The Morgan fingerprint density at radius 1 is 1.36 bits per heavy atom. The Morgan fingerprint density at radius 2 is 2.00 bits per heavy atom. The van der Waals surface area contributed by atoms with E-state index < -0.39 is 35.2 Å². The number of hydrogen-bond acceptors (Lipinski definition) is 7. The molecule has 1 atom stereocenters. The normalized spacial score (nSPS) is 13.1. The summed E-state index contributed by atoms with van der Waals surface area (Å²) in [5.41, 5.74) is -0.946. The smallest absolute Gasteiger partial charge is 0.347 e. The summed E-state index contributed by atoms with van der Waals surface area (Å²) in [4.78, 5) is 35.4. The van der Waals surface area contributed by atoms with Crippen molar-refractivity contribution in [2.24, 2.45) is 0 Å². The van der Waals surface area contributed by atoms with Crippen LogP contribution in [-0.2, 0) is 19.1 Å². The molecule has 138 valence electrons. The number of nitrogens with one attached hydrogen (secondary N) is 1. The average Bonchev–Trinajstić information content (AvgIpc) is 2.93. The second kappa shape index (κ2) is 8.66. The number of carboxylic acid groups (broad SMARTS) is 1. The number of ether oxygens (including phenoxy) is 2. The summed E-state index contributed by atoms with van der Waals surface area (Å²) >= 11 is 1.19. The van der Waals surface area contributed by atoms with Crippen molar-refractivity contribution in [3.63, 3.8) is 0 Å². The lowest BCUT2D eigenvalue weighted by Crippen LogP contribution is -2.24. The van der Waals surface area contributed by atoms with Gasteiger partial charge in [0.2, 0.25) is 0 Å². The highest BCUT2D eigenvalue weighted by atomic mass is 32.1. The Labute approximate surface area is 150 Å². The lowest BCUT2D eigenvalue weighted by Gasteiger charge is -2.19. The summed E-state index contributed by atoms with van der Waals surface area (Å²) in [6.45, 7) is 8.73. The lowest BCUT2D eigenvalue weighted by molar-refractivity contribution is -0.147. The molecule has 0 bridgehead atoms. The van der Waals surface area contributed by atoms with Crippen LogP contribution >= 0.6 is 11.3 Å². The Balaban J connectivity index is 2.95. The van der Waals surface area contributed by atoms with Crippen molar-refractivity contribution in [1.82, 2.24) is 0 Å². The number of carbonyl (C=O) groups is 3. The molecular formula is C17H23NO6S. The van der Waals surface area contributed by atoms with Gasteiger partial charge in [-0.25, -0.2) is 14.4 Å². The van der Waals surface area contributed by atoms with Crippen molar-refractivity contribution in [2.45, 2.75) is 52.7 Å². The number of thiophene rings is 1. The molecular weight excluding hydrogens is 346 g/mol. The SMILES string of the molecule is CCC(C)OC(=O)C(=CNc1sccc1C(=O)OC(C)(C)C)C(=O)O. The fourth-order valence-corrected chi connectivity index (χ4v) is 2.34. The molecule has 0 radical (unpaired) electrons. The van der Waals surface area contributed by atoms with Gasteiger partial charge in [-0.05, 0) is 45.6 Å². The number of carbonyl (C=O) groups excluding carboxylic acids is 2. The van der Waals surface area contributed by atoms with Crippen LogP contribution in [0.4, 0.5) is 5.00 Å². The third kappa shape index (κ3) is 6.58. The van der Waals surface area contributed by atoms with E-state index in [4.69, 9.17) is 9.47 Å². The summed E-state index contributed by atoms with van der Waals surface area (Å²) in [6, 6.07) is 1.56. The number of aliphatic carboxylic acids is 1. The van der Waals surface area contributed by atoms with E-state index >= 15 is 0 Å². The number of carboxylic acids is 1. The minimum Gasteiger partial charge on any atom is -0.477 e. The van der Waals surface area contributed by atoms with Gasteiger partial charge in [0.15, 0.2) is 5.57 Å². The zero-order chi connectivity index (χ0) is 19.2. The van der Waals surface area contributed by atoms with Gasteiger partial charge in [0.05, 0.1) is 11.7 Å². The van der Waals surface area contributed by atoms with Gasteiger partial charge in [-0.3, -0.25) is 0 Å². The fourth-order valence-electron chi connectivity index (χ4n) is 1.59. The zero-order valence-corrected chi connectivity index (χ0v) is 15.7. The fraction of sp³-hybridized carbons (Fsp3) is 0.471. The van der Waals surface area contributed by atoms with Gasteiger partial charge in [-0.1, -0.05) is 6.92 Å². The molecule has 1 aromatic heterocycles. The van der Waals surface area contributed by atoms with Crippen molar-refractivity contribution in [1.29, 1.82) is 0 Å². The number of esters is 2. The first kappa shape index (κ1) is 20.7. The van der Waals surface area contributed by atoms with Crippen LogP contribution in [0, 0.1) is 0 Å². The highest BCUT2D eigenvalue weighted by Gasteiger charge is 2.23. The summed E-state index contributed by atoms with van der Waals surface area (Å²) in [5, 5.41) is 13.9. The molecule has 25 heavy (non-hydrogen) atoms. The predicted molar refractivity (Wildman–Crippen MR) is 94.7 cm³/mol. The van der Waals surface area contributed by atoms with Crippen LogP contribution in [0.1, 0.15) is 51.4 Å². The molecule has 1 unspecified atom stereocenters. The quantitative estimate of drug-likeness (QED) is 0.328. The van der Waals surface area contributed by atoms with E-state index in [-0.39, 0.29) is 5.56 Å². The van der Waals surface area contributed by atoms with Crippen molar-refractivity contribution in [3.05, 3.63) is 28.8 Å². The molecule has 0 fully saturated rings. The monoisotopic (exact) mass is 369 g/mol. The van der Waals surface area contributed by atoms with Crippen molar-refractivity contribution in [2.75, 3.05) is 5.32 Å². The molecule has 1 aromatic rings. The van der Waals surface area contributed by atoms with E-state index in [0.29, 0.717) is 11.4 Å². The molecule has 1 heterocycles. The molecule has 0 aliphatic heterocycles. The summed E-state index contributed by atoms with van der Waals surface area (Å²) in [7, 11) is 0. The van der Waals surface area contributed by atoms with Crippen molar-refractivity contribution in [3.8, 4) is 0 Å². The molecule has 0 aliphatic rings. The van der Waals surface area contributed by atoms with Gasteiger partial charge in [0, 0.05) is 6.20 Å². The average molecular weight is 369 g/mol. The summed E-state index contributed by atoms with van der Waals surface area (Å²) in [6.07, 6.45) is 1.20. The Kier molecular flexibility index (Phi) is 7.17. The minimum absolute atomic E-state index is 0.260. The Bertz CT molecular complexity index is 671. The van der Waals surface area contributed by atoms with Gasteiger partial charge in [-0.2, -0.15) is 0 Å². The van der Waals surface area contributed by atoms with Crippen LogP contribution in [0.3, 0.4) is 0 Å². The van der Waals surface area contributed by atoms with E-state index in [0.717, 1.165) is 6.20 Å². The molecule has 0 spiro atoms. The first-order valence-electron chi connectivity index (χ1n) is 7.77. The third-order valence-electron chi connectivity index (χ3n) is 2.97. The van der Waals surface area contributed by atoms with E-state index in [1.54, 1.807) is 39.1 Å². The first-order valence-corrected chi connectivity index (χ1v) is 8.65. The van der Waals surface area contributed by atoms with Crippen LogP contribution in [0.25, 0.3) is 0 Å². The number of anilines is 1. The van der Waals surface area contributed by atoms with Crippen molar-refractivity contribution < 1.29 is 29.0 Å². The maximum absolute atomic E-state index is 12.2.